The highest BCUT2D eigenvalue weighted by Crippen LogP contribution is 2.19. The molecule has 0 aliphatic heterocycles. The van der Waals surface area contributed by atoms with E-state index in [4.69, 9.17) is 0 Å². The maximum Gasteiger partial charge on any atom is 0.251 e. The summed E-state index contributed by atoms with van der Waals surface area (Å²) in [5.41, 5.74) is 2.43. The molecule has 0 aliphatic carbocycles. The summed E-state index contributed by atoms with van der Waals surface area (Å²) in [5.74, 6) is 0.254. The van der Waals surface area contributed by atoms with Gasteiger partial charge in [0, 0.05) is 17.6 Å². The van der Waals surface area contributed by atoms with Crippen LogP contribution in [0.25, 0.3) is 0 Å². The number of carbonyl (C=O) groups excluding carboxylic acids is 1. The molecule has 0 saturated carbocycles. The summed E-state index contributed by atoms with van der Waals surface area (Å²) >= 11 is 0. The fourth-order valence-electron chi connectivity index (χ4n) is 2.33. The van der Waals surface area contributed by atoms with E-state index in [1.54, 1.807) is 6.20 Å². The van der Waals surface area contributed by atoms with Crippen molar-refractivity contribution in [1.29, 1.82) is 0 Å². The van der Waals surface area contributed by atoms with Gasteiger partial charge in [0.2, 0.25) is 5.95 Å². The molecule has 0 bridgehead atoms. The van der Waals surface area contributed by atoms with Crippen molar-refractivity contribution in [2.75, 3.05) is 10.6 Å². The summed E-state index contributed by atoms with van der Waals surface area (Å²) in [6.45, 7) is 1.88. The van der Waals surface area contributed by atoms with Crippen molar-refractivity contribution in [2.24, 2.45) is 0 Å². The molecule has 0 saturated heterocycles. The molecule has 0 aliphatic rings. The zero-order chi connectivity index (χ0) is 16.8. The molecule has 1 amide bonds. The summed E-state index contributed by atoms with van der Waals surface area (Å²) in [6.07, 6.45) is 1.67. The quantitative estimate of drug-likeness (QED) is 0.754. The lowest BCUT2D eigenvalue weighted by Gasteiger charge is -2.19. The van der Waals surface area contributed by atoms with Crippen LogP contribution in [0.3, 0.4) is 0 Å². The Morgan fingerprint density at radius 1 is 0.958 bits per heavy atom. The Morgan fingerprint density at radius 2 is 1.62 bits per heavy atom. The Balaban J connectivity index is 1.86. The molecule has 5 nitrogen and oxygen atoms in total. The Labute approximate surface area is 140 Å². The van der Waals surface area contributed by atoms with Gasteiger partial charge in [-0.25, -0.2) is 9.97 Å². The first kappa shape index (κ1) is 15.7. The second-order valence-corrected chi connectivity index (χ2v) is 5.36. The van der Waals surface area contributed by atoms with Crippen molar-refractivity contribution < 1.29 is 4.79 Å². The third-order valence-electron chi connectivity index (χ3n) is 3.50. The lowest BCUT2D eigenvalue weighted by Crippen LogP contribution is -2.28. The first-order valence-electron chi connectivity index (χ1n) is 7.69. The van der Waals surface area contributed by atoms with Crippen LogP contribution in [0.2, 0.25) is 0 Å². The summed E-state index contributed by atoms with van der Waals surface area (Å²) in [5, 5.41) is 6.04. The van der Waals surface area contributed by atoms with Gasteiger partial charge in [0.15, 0.2) is 0 Å². The van der Waals surface area contributed by atoms with Gasteiger partial charge in [-0.2, -0.15) is 0 Å². The summed E-state index contributed by atoms with van der Waals surface area (Å²) in [6, 6.07) is 20.1. The average molecular weight is 318 g/mol. The van der Waals surface area contributed by atoms with E-state index in [0.29, 0.717) is 5.95 Å². The normalized spacial score (nSPS) is 11.5. The maximum atomic E-state index is 12.8. The van der Waals surface area contributed by atoms with Gasteiger partial charge in [-0.3, -0.25) is 4.79 Å². The standard InChI is InChI=1S/C19H18N4O/c1-14-12-13-20-19(21-14)23-17(15-8-4-2-5-9-15)18(24)22-16-10-6-3-7-11-16/h2-13,17H,1H3,(H,22,24)(H,20,21,23)/t17-/m0/s1. The Bertz CT molecular complexity index is 806. The molecule has 2 N–H and O–H groups in total. The lowest BCUT2D eigenvalue weighted by molar-refractivity contribution is -0.117. The first-order chi connectivity index (χ1) is 11.7. The molecular weight excluding hydrogens is 300 g/mol. The number of anilines is 2. The number of para-hydroxylation sites is 1. The molecule has 120 valence electrons. The summed E-state index contributed by atoms with van der Waals surface area (Å²) in [7, 11) is 0. The molecule has 1 heterocycles. The minimum Gasteiger partial charge on any atom is -0.339 e. The smallest absolute Gasteiger partial charge is 0.251 e. The molecular formula is C19H18N4O. The van der Waals surface area contributed by atoms with Crippen LogP contribution in [-0.2, 0) is 4.79 Å². The average Bonchev–Trinajstić information content (AvgIpc) is 2.61. The molecule has 2 aromatic carbocycles. The van der Waals surface area contributed by atoms with Crippen molar-refractivity contribution in [3.05, 3.63) is 84.2 Å². The molecule has 0 fully saturated rings. The molecule has 1 atom stereocenters. The van der Waals surface area contributed by atoms with Crippen molar-refractivity contribution in [1.82, 2.24) is 9.97 Å². The van der Waals surface area contributed by atoms with Gasteiger partial charge >= 0.3 is 0 Å². The lowest BCUT2D eigenvalue weighted by atomic mass is 10.1. The summed E-state index contributed by atoms with van der Waals surface area (Å²) < 4.78 is 0. The predicted octanol–water partition coefficient (Wildman–Crippen LogP) is 3.58. The van der Waals surface area contributed by atoms with Crippen molar-refractivity contribution >= 4 is 17.5 Å². The molecule has 1 aromatic heterocycles. The van der Waals surface area contributed by atoms with Crippen LogP contribution in [-0.4, -0.2) is 15.9 Å². The number of carbonyl (C=O) groups is 1. The van der Waals surface area contributed by atoms with E-state index in [2.05, 4.69) is 20.6 Å². The van der Waals surface area contributed by atoms with Crippen LogP contribution in [0.15, 0.2) is 72.9 Å². The molecule has 5 heteroatoms. The number of aryl methyl sites for hydroxylation is 1. The zero-order valence-electron chi connectivity index (χ0n) is 13.3. The highest BCUT2D eigenvalue weighted by Gasteiger charge is 2.21. The highest BCUT2D eigenvalue weighted by atomic mass is 16.2. The van der Waals surface area contributed by atoms with Crippen LogP contribution in [0.5, 0.6) is 0 Å². The molecule has 3 aromatic rings. The zero-order valence-corrected chi connectivity index (χ0v) is 13.3. The van der Waals surface area contributed by atoms with E-state index in [0.717, 1.165) is 16.9 Å². The first-order valence-corrected chi connectivity index (χ1v) is 7.69. The number of amides is 1. The third-order valence-corrected chi connectivity index (χ3v) is 3.50. The second-order valence-electron chi connectivity index (χ2n) is 5.36. The van der Waals surface area contributed by atoms with E-state index >= 15 is 0 Å². The highest BCUT2D eigenvalue weighted by molar-refractivity contribution is 5.97. The van der Waals surface area contributed by atoms with Gasteiger partial charge in [0.1, 0.15) is 6.04 Å². The maximum absolute atomic E-state index is 12.8. The Hall–Kier alpha value is -3.21. The molecule has 3 rings (SSSR count). The fraction of sp³-hybridized carbons (Fsp3) is 0.105. The van der Waals surface area contributed by atoms with Crippen LogP contribution < -0.4 is 10.6 Å². The molecule has 0 spiro atoms. The van der Waals surface area contributed by atoms with E-state index in [9.17, 15) is 4.79 Å². The van der Waals surface area contributed by atoms with Crippen LogP contribution in [0.1, 0.15) is 17.3 Å². The van der Waals surface area contributed by atoms with Crippen LogP contribution in [0, 0.1) is 6.92 Å². The van der Waals surface area contributed by atoms with Gasteiger partial charge in [0.05, 0.1) is 0 Å². The summed E-state index contributed by atoms with van der Waals surface area (Å²) in [4.78, 5) is 21.3. The minimum absolute atomic E-state index is 0.169. The van der Waals surface area contributed by atoms with Gasteiger partial charge in [0.25, 0.3) is 5.91 Å². The number of nitrogens with zero attached hydrogens (tertiary/aromatic N) is 2. The van der Waals surface area contributed by atoms with Gasteiger partial charge in [-0.15, -0.1) is 0 Å². The van der Waals surface area contributed by atoms with E-state index in [1.165, 1.54) is 0 Å². The molecule has 0 unspecified atom stereocenters. The number of rotatable bonds is 5. The number of aromatic nitrogens is 2. The predicted molar refractivity (Wildman–Crippen MR) is 94.6 cm³/mol. The van der Waals surface area contributed by atoms with Crippen LogP contribution in [0.4, 0.5) is 11.6 Å². The molecule has 24 heavy (non-hydrogen) atoms. The van der Waals surface area contributed by atoms with Gasteiger partial charge in [-0.05, 0) is 30.7 Å². The monoisotopic (exact) mass is 318 g/mol. The second kappa shape index (κ2) is 7.37. The van der Waals surface area contributed by atoms with Crippen molar-refractivity contribution in [3.63, 3.8) is 0 Å². The molecule has 0 radical (unpaired) electrons. The Morgan fingerprint density at radius 3 is 2.29 bits per heavy atom. The van der Waals surface area contributed by atoms with E-state index in [-0.39, 0.29) is 5.91 Å². The van der Waals surface area contributed by atoms with Gasteiger partial charge < -0.3 is 10.6 Å². The number of hydrogen-bond acceptors (Lipinski definition) is 4. The van der Waals surface area contributed by atoms with Crippen molar-refractivity contribution in [3.8, 4) is 0 Å². The largest absolute Gasteiger partial charge is 0.339 e. The van der Waals surface area contributed by atoms with Crippen molar-refractivity contribution in [2.45, 2.75) is 13.0 Å². The number of benzene rings is 2. The third kappa shape index (κ3) is 3.95. The SMILES string of the molecule is Cc1ccnc(N[C@H](C(=O)Nc2ccccc2)c2ccccc2)n1. The number of nitrogens with one attached hydrogen (secondary N) is 2. The number of hydrogen-bond donors (Lipinski definition) is 2. The Kier molecular flexibility index (Phi) is 4.81. The topological polar surface area (TPSA) is 66.9 Å². The fourth-order valence-corrected chi connectivity index (χ4v) is 2.33. The van der Waals surface area contributed by atoms with Crippen LogP contribution >= 0.6 is 0 Å². The van der Waals surface area contributed by atoms with E-state index in [1.807, 2.05) is 73.7 Å². The van der Waals surface area contributed by atoms with E-state index < -0.39 is 6.04 Å². The van der Waals surface area contributed by atoms with Gasteiger partial charge in [-0.1, -0.05) is 48.5 Å². The minimum atomic E-state index is -0.590.